The summed E-state index contributed by atoms with van der Waals surface area (Å²) in [5.41, 5.74) is 4.74. The molecule has 2 atom stereocenters. The van der Waals surface area contributed by atoms with Crippen LogP contribution >= 0.6 is 0 Å². The van der Waals surface area contributed by atoms with Crippen LogP contribution in [0.4, 0.5) is 4.79 Å². The Morgan fingerprint density at radius 3 is 2.27 bits per heavy atom. The number of carbonyl (C=O) groups excluding carboxylic acids is 2. The van der Waals surface area contributed by atoms with Gasteiger partial charge in [0.15, 0.2) is 0 Å². The molecule has 0 bridgehead atoms. The number of fused-ring (bicyclic) bond motifs is 3. The number of nitrogens with zero attached hydrogens (tertiary/aromatic N) is 1. The highest BCUT2D eigenvalue weighted by molar-refractivity contribution is 5.83. The van der Waals surface area contributed by atoms with E-state index in [9.17, 15) is 14.4 Å². The van der Waals surface area contributed by atoms with Crippen LogP contribution in [0.5, 0.6) is 0 Å². The fourth-order valence-corrected chi connectivity index (χ4v) is 5.13. The molecule has 2 aromatic carbocycles. The van der Waals surface area contributed by atoms with Crippen molar-refractivity contribution in [2.45, 2.75) is 25.2 Å². The van der Waals surface area contributed by atoms with Gasteiger partial charge in [0, 0.05) is 37.9 Å². The number of carboxylic acids is 1. The van der Waals surface area contributed by atoms with Crippen LogP contribution in [-0.2, 0) is 14.3 Å². The van der Waals surface area contributed by atoms with E-state index in [0.717, 1.165) is 6.42 Å². The summed E-state index contributed by atoms with van der Waals surface area (Å²) in [6.45, 7) is 2.01. The van der Waals surface area contributed by atoms with Gasteiger partial charge in [0.25, 0.3) is 0 Å². The molecule has 7 nitrogen and oxygen atoms in total. The Morgan fingerprint density at radius 1 is 1.00 bits per heavy atom. The van der Waals surface area contributed by atoms with E-state index in [0.29, 0.717) is 32.0 Å². The molecule has 7 heteroatoms. The number of nitrogens with one attached hydrogen (secondary N) is 1. The lowest BCUT2D eigenvalue weighted by Gasteiger charge is -2.39. The third-order valence-corrected chi connectivity index (χ3v) is 7.13. The maximum Gasteiger partial charge on any atom is 0.407 e. The molecule has 5 rings (SSSR count). The molecule has 1 saturated carbocycles. The molecule has 33 heavy (non-hydrogen) atoms. The van der Waals surface area contributed by atoms with E-state index in [1.54, 1.807) is 0 Å². The molecule has 2 N–H and O–H groups in total. The summed E-state index contributed by atoms with van der Waals surface area (Å²) in [5.74, 6) is -0.238. The summed E-state index contributed by atoms with van der Waals surface area (Å²) < 4.78 is 5.56. The number of rotatable bonds is 8. The summed E-state index contributed by atoms with van der Waals surface area (Å²) in [4.78, 5) is 37.3. The first kappa shape index (κ1) is 21.5. The van der Waals surface area contributed by atoms with Gasteiger partial charge in [-0.25, -0.2) is 4.79 Å². The largest absolute Gasteiger partial charge is 0.481 e. The van der Waals surface area contributed by atoms with Gasteiger partial charge in [-0.2, -0.15) is 0 Å². The van der Waals surface area contributed by atoms with Gasteiger partial charge in [-0.15, -0.1) is 0 Å². The van der Waals surface area contributed by atoms with Crippen LogP contribution in [0.15, 0.2) is 48.5 Å². The highest BCUT2D eigenvalue weighted by Crippen LogP contribution is 2.44. The zero-order valence-corrected chi connectivity index (χ0v) is 18.4. The average Bonchev–Trinajstić information content (AvgIpc) is 3.50. The Kier molecular flexibility index (Phi) is 5.79. The summed E-state index contributed by atoms with van der Waals surface area (Å²) >= 11 is 0. The van der Waals surface area contributed by atoms with Gasteiger partial charge in [0.1, 0.15) is 6.61 Å². The molecular formula is C26H28N2O5. The Morgan fingerprint density at radius 2 is 1.64 bits per heavy atom. The number of carboxylic acid groups (broad SMARTS) is 1. The molecule has 172 valence electrons. The van der Waals surface area contributed by atoms with Crippen molar-refractivity contribution >= 4 is 18.0 Å². The van der Waals surface area contributed by atoms with E-state index >= 15 is 0 Å². The summed E-state index contributed by atoms with van der Waals surface area (Å²) in [7, 11) is 0. The van der Waals surface area contributed by atoms with E-state index < -0.39 is 12.1 Å². The second kappa shape index (κ2) is 8.89. The second-order valence-electron chi connectivity index (χ2n) is 9.35. The molecule has 2 fully saturated rings. The molecule has 2 aliphatic carbocycles. The van der Waals surface area contributed by atoms with Crippen molar-refractivity contribution in [2.75, 3.05) is 26.2 Å². The molecule has 0 unspecified atom stereocenters. The highest BCUT2D eigenvalue weighted by Gasteiger charge is 2.47. The Balaban J connectivity index is 1.05. The van der Waals surface area contributed by atoms with Crippen molar-refractivity contribution in [1.82, 2.24) is 10.2 Å². The minimum absolute atomic E-state index is 0.0268. The van der Waals surface area contributed by atoms with Crippen molar-refractivity contribution in [3.8, 4) is 11.1 Å². The van der Waals surface area contributed by atoms with Gasteiger partial charge in [0.2, 0.25) is 5.91 Å². The van der Waals surface area contributed by atoms with Crippen LogP contribution in [0.2, 0.25) is 0 Å². The predicted octanol–water partition coefficient (Wildman–Crippen LogP) is 3.48. The Labute approximate surface area is 192 Å². The lowest BCUT2D eigenvalue weighted by molar-refractivity contribution is -0.140. The van der Waals surface area contributed by atoms with Crippen LogP contribution in [0.25, 0.3) is 11.1 Å². The summed E-state index contributed by atoms with van der Waals surface area (Å²) in [6.07, 6.45) is 1.10. The van der Waals surface area contributed by atoms with Gasteiger partial charge in [-0.1, -0.05) is 48.5 Å². The smallest absolute Gasteiger partial charge is 0.407 e. The Bertz CT molecular complexity index is 1030. The number of aliphatic carboxylic acids is 1. The van der Waals surface area contributed by atoms with Crippen molar-refractivity contribution in [2.24, 2.45) is 17.8 Å². The predicted molar refractivity (Wildman–Crippen MR) is 122 cm³/mol. The van der Waals surface area contributed by atoms with E-state index in [-0.39, 0.29) is 36.7 Å². The van der Waals surface area contributed by atoms with Crippen LogP contribution in [0, 0.1) is 17.8 Å². The number of carbonyl (C=O) groups is 3. The average molecular weight is 449 g/mol. The number of hydrogen-bond acceptors (Lipinski definition) is 4. The molecule has 1 heterocycles. The van der Waals surface area contributed by atoms with Crippen LogP contribution in [0.1, 0.15) is 36.3 Å². The topological polar surface area (TPSA) is 95.9 Å². The highest BCUT2D eigenvalue weighted by atomic mass is 16.5. The van der Waals surface area contributed by atoms with Gasteiger partial charge in [-0.3, -0.25) is 9.59 Å². The number of alkyl carbamates (subject to hydrolysis) is 1. The normalized spacial score (nSPS) is 21.0. The van der Waals surface area contributed by atoms with E-state index in [1.807, 2.05) is 29.2 Å². The molecule has 0 spiro atoms. The first-order valence-electron chi connectivity index (χ1n) is 11.6. The molecule has 1 aliphatic heterocycles. The van der Waals surface area contributed by atoms with E-state index in [2.05, 4.69) is 29.6 Å². The van der Waals surface area contributed by atoms with Crippen molar-refractivity contribution in [1.29, 1.82) is 0 Å². The molecule has 2 amide bonds. The number of ether oxygens (including phenoxy) is 1. The quantitative estimate of drug-likeness (QED) is 0.645. The molecule has 1 saturated heterocycles. The fraction of sp³-hybridized carbons (Fsp3) is 0.423. The van der Waals surface area contributed by atoms with Crippen LogP contribution < -0.4 is 5.32 Å². The van der Waals surface area contributed by atoms with Crippen LogP contribution in [-0.4, -0.2) is 54.2 Å². The second-order valence-corrected chi connectivity index (χ2v) is 9.35. The van der Waals surface area contributed by atoms with E-state index in [1.165, 1.54) is 22.3 Å². The van der Waals surface area contributed by atoms with Gasteiger partial charge >= 0.3 is 12.1 Å². The maximum atomic E-state index is 12.5. The van der Waals surface area contributed by atoms with Gasteiger partial charge < -0.3 is 20.1 Å². The SMILES string of the molecule is O=C(O)CCC1CN(C(=O)[C@@H]2C[C@@H]2CNC(=O)OCC2c3ccccc3-c3ccccc32)C1. The van der Waals surface area contributed by atoms with Crippen molar-refractivity contribution < 1.29 is 24.2 Å². The first-order chi connectivity index (χ1) is 16.0. The van der Waals surface area contributed by atoms with Crippen LogP contribution in [0.3, 0.4) is 0 Å². The van der Waals surface area contributed by atoms with Gasteiger partial charge in [0.05, 0.1) is 0 Å². The first-order valence-corrected chi connectivity index (χ1v) is 11.6. The monoisotopic (exact) mass is 448 g/mol. The lowest BCUT2D eigenvalue weighted by Crippen LogP contribution is -2.51. The third-order valence-electron chi connectivity index (χ3n) is 7.13. The van der Waals surface area contributed by atoms with Gasteiger partial charge in [-0.05, 0) is 46.9 Å². The number of benzene rings is 2. The summed E-state index contributed by atoms with van der Waals surface area (Å²) in [5, 5.41) is 11.6. The zero-order chi connectivity index (χ0) is 22.9. The maximum absolute atomic E-state index is 12.5. The van der Waals surface area contributed by atoms with Crippen molar-refractivity contribution in [3.05, 3.63) is 59.7 Å². The fourth-order valence-electron chi connectivity index (χ4n) is 5.13. The molecule has 0 aromatic heterocycles. The number of amides is 2. The number of likely N-dealkylation sites (tertiary alicyclic amines) is 1. The standard InChI is InChI=1S/C26H28N2O5/c29-24(30)10-9-16-13-28(14-16)25(31)22-11-17(22)12-27-26(32)33-15-23-20-7-3-1-5-18(20)19-6-2-4-8-21(19)23/h1-8,16-17,22-23H,9-15H2,(H,27,32)(H,29,30)/t17-,22-/m1/s1. The molecule has 2 aromatic rings. The zero-order valence-electron chi connectivity index (χ0n) is 18.4. The van der Waals surface area contributed by atoms with E-state index in [4.69, 9.17) is 9.84 Å². The Hall–Kier alpha value is -3.35. The van der Waals surface area contributed by atoms with Crippen molar-refractivity contribution in [3.63, 3.8) is 0 Å². The summed E-state index contributed by atoms with van der Waals surface area (Å²) in [6, 6.07) is 16.4. The minimum atomic E-state index is -0.790. The minimum Gasteiger partial charge on any atom is -0.481 e. The molecular weight excluding hydrogens is 420 g/mol. The lowest BCUT2D eigenvalue weighted by atomic mass is 9.94. The third kappa shape index (κ3) is 4.45. The molecule has 0 radical (unpaired) electrons. The molecule has 3 aliphatic rings. The number of hydrogen-bond donors (Lipinski definition) is 2.